The molecule has 21 heavy (non-hydrogen) atoms. The van der Waals surface area contributed by atoms with Gasteiger partial charge in [-0.25, -0.2) is 0 Å². The van der Waals surface area contributed by atoms with Gasteiger partial charge in [0.25, 0.3) is 5.88 Å². The molecule has 120 valence electrons. The van der Waals surface area contributed by atoms with Crippen LogP contribution in [-0.2, 0) is 4.74 Å². The number of anilines is 1. The van der Waals surface area contributed by atoms with Crippen molar-refractivity contribution >= 4 is 17.5 Å². The zero-order chi connectivity index (χ0) is 32.7. The average molecular weight is 337 g/mol. The van der Waals surface area contributed by atoms with Crippen LogP contribution in [0.3, 0.4) is 0 Å². The van der Waals surface area contributed by atoms with E-state index in [0.717, 1.165) is 0 Å². The van der Waals surface area contributed by atoms with Gasteiger partial charge in [0.15, 0.2) is 0 Å². The second-order valence-corrected chi connectivity index (χ2v) is 4.04. The van der Waals surface area contributed by atoms with Crippen LogP contribution in [0.25, 0.3) is 0 Å². The van der Waals surface area contributed by atoms with Gasteiger partial charge in [0.1, 0.15) is 12.6 Å². The summed E-state index contributed by atoms with van der Waals surface area (Å²) in [4.78, 5) is -0.220. The molecule has 2 heterocycles. The van der Waals surface area contributed by atoms with E-state index in [1.807, 2.05) is 0 Å². The number of morpholine rings is 1. The average Bonchev–Trinajstić information content (AvgIpc) is 3.09. The Hall–Kier alpha value is -0.960. The summed E-state index contributed by atoms with van der Waals surface area (Å²) in [6.07, 6.45) is -3.74. The third-order valence-corrected chi connectivity index (χ3v) is 2.36. The second kappa shape index (κ2) is 7.35. The van der Waals surface area contributed by atoms with Crippen LogP contribution in [0.2, 0.25) is 0 Å². The number of aromatic nitrogens is 2. The standard InChI is InChI=1S/C13H24N4O3S/c1-13(2,3)14-8-10(18)9-20-12-11(15-21-16-12)17-4-6-19-7-5-17/h10,14,18H,4-9H2,1-3H3/t10-/m1/s1/i1D3,2D3,3D3,4D2,5D2,6D2,7D2,9D2,10D. The normalized spacial score (nSPS) is 45.5. The number of β-amino-alcohol motifs (C(OH)–C–C–N with tert-alkyl or cyclic N) is 1. The van der Waals surface area contributed by atoms with E-state index in [4.69, 9.17) is 32.2 Å². The fourth-order valence-electron chi connectivity index (χ4n) is 1.03. The van der Waals surface area contributed by atoms with Gasteiger partial charge in [-0.2, -0.15) is 4.37 Å². The number of aliphatic hydroxyl groups is 1. The molecule has 1 aliphatic heterocycles. The van der Waals surface area contributed by atoms with Crippen molar-refractivity contribution in [3.63, 3.8) is 0 Å². The lowest BCUT2D eigenvalue weighted by molar-refractivity contribution is 0.0975. The van der Waals surface area contributed by atoms with E-state index in [0.29, 0.717) is 0 Å². The van der Waals surface area contributed by atoms with Crippen LogP contribution in [0.15, 0.2) is 0 Å². The molecule has 1 aliphatic rings. The van der Waals surface area contributed by atoms with Gasteiger partial charge in [-0.3, -0.25) is 0 Å². The molecule has 1 saturated heterocycles. The second-order valence-electron chi connectivity index (χ2n) is 3.51. The number of nitrogens with zero attached hydrogens (tertiary/aromatic N) is 3. The Morgan fingerprint density at radius 1 is 1.62 bits per heavy atom. The van der Waals surface area contributed by atoms with Crippen LogP contribution < -0.4 is 15.0 Å². The summed E-state index contributed by atoms with van der Waals surface area (Å²) < 4.78 is 172. The summed E-state index contributed by atoms with van der Waals surface area (Å²) in [5.74, 6) is -2.35. The van der Waals surface area contributed by atoms with E-state index in [1.165, 1.54) is 0 Å². The molecule has 0 radical (unpaired) electrons. The van der Waals surface area contributed by atoms with Crippen LogP contribution in [-0.4, -0.2) is 64.7 Å². The van der Waals surface area contributed by atoms with Gasteiger partial charge in [-0.15, -0.1) is 4.37 Å². The van der Waals surface area contributed by atoms with E-state index in [2.05, 4.69) is 13.5 Å². The molecule has 0 unspecified atom stereocenters. The SMILES string of the molecule is [2H]C([2H])([2H])C(NC[C@@]([2H])(O)C([2H])([2H])Oc1nsnc1N1C([2H])([2H])C([2H])([2H])OC([2H])([2H])C1([2H])[2H])(C([2H])([2H])[2H])C([2H])([2H])[2H]. The minimum Gasteiger partial charge on any atom is -0.472 e. The predicted molar refractivity (Wildman–Crippen MR) is 82.2 cm³/mol. The zero-order valence-electron chi connectivity index (χ0n) is 30.2. The lowest BCUT2D eigenvalue weighted by atomic mass is 10.1. The molecule has 0 aromatic carbocycles. The number of rotatable bonds is 6. The predicted octanol–water partition coefficient (Wildman–Crippen LogP) is 0.502. The Morgan fingerprint density at radius 2 is 2.38 bits per heavy atom. The summed E-state index contributed by atoms with van der Waals surface area (Å²) in [5, 5.41) is 12.2. The van der Waals surface area contributed by atoms with Crippen LogP contribution in [0.1, 0.15) is 48.0 Å². The van der Waals surface area contributed by atoms with Crippen molar-refractivity contribution in [3.8, 4) is 5.88 Å². The first-order chi connectivity index (χ1) is 17.7. The molecule has 8 heteroatoms. The Balaban J connectivity index is 2.54. The molecule has 1 aromatic heterocycles. The van der Waals surface area contributed by atoms with Crippen molar-refractivity contribution in [1.29, 1.82) is 0 Å². The van der Waals surface area contributed by atoms with E-state index < -0.39 is 83.1 Å². The largest absolute Gasteiger partial charge is 0.472 e. The molecule has 0 spiro atoms. The van der Waals surface area contributed by atoms with Crippen LogP contribution in [0.4, 0.5) is 5.82 Å². The van der Waals surface area contributed by atoms with Gasteiger partial charge in [0.05, 0.1) is 39.9 Å². The lowest BCUT2D eigenvalue weighted by Crippen LogP contribution is -2.42. The maximum atomic E-state index is 10.6. The highest BCUT2D eigenvalue weighted by Gasteiger charge is 2.21. The highest BCUT2D eigenvalue weighted by Crippen LogP contribution is 2.26. The van der Waals surface area contributed by atoms with Crippen LogP contribution in [0, 0.1) is 0 Å². The molecular formula is C13H24N4O3S. The Bertz CT molecular complexity index is 1050. The summed E-state index contributed by atoms with van der Waals surface area (Å²) in [5.41, 5.74) is -3.78. The Labute approximate surface area is 157 Å². The quantitative estimate of drug-likeness (QED) is 0.783. The fourth-order valence-corrected chi connectivity index (χ4v) is 1.50. The number of hydrogen-bond acceptors (Lipinski definition) is 8. The van der Waals surface area contributed by atoms with Gasteiger partial charge < -0.3 is 24.8 Å². The maximum absolute atomic E-state index is 10.6. The first kappa shape index (κ1) is 4.31. The molecule has 2 N–H and O–H groups in total. The van der Waals surface area contributed by atoms with Crippen molar-refractivity contribution in [1.82, 2.24) is 14.1 Å². The molecule has 0 amide bonds. The van der Waals surface area contributed by atoms with Gasteiger partial charge in [-0.05, 0) is 20.6 Å². The fraction of sp³-hybridized carbons (Fsp3) is 0.846. The van der Waals surface area contributed by atoms with Crippen LogP contribution >= 0.6 is 11.7 Å². The summed E-state index contributed by atoms with van der Waals surface area (Å²) in [6, 6.07) is 0. The molecule has 0 aliphatic carbocycles. The van der Waals surface area contributed by atoms with Crippen molar-refractivity contribution in [2.24, 2.45) is 0 Å². The topological polar surface area (TPSA) is 79.7 Å². The van der Waals surface area contributed by atoms with E-state index in [1.54, 1.807) is 5.32 Å². The molecule has 0 bridgehead atoms. The smallest absolute Gasteiger partial charge is 0.270 e. The molecule has 1 fully saturated rings. The van der Waals surface area contributed by atoms with Crippen molar-refractivity contribution < 1.29 is 42.0 Å². The highest BCUT2D eigenvalue weighted by atomic mass is 32.1. The molecule has 7 nitrogen and oxygen atoms in total. The monoisotopic (exact) mass is 336 g/mol. The van der Waals surface area contributed by atoms with E-state index >= 15 is 0 Å². The Kier molecular flexibility index (Phi) is 1.51. The van der Waals surface area contributed by atoms with Crippen molar-refractivity contribution in [2.45, 2.75) is 32.2 Å². The van der Waals surface area contributed by atoms with Crippen LogP contribution in [0.5, 0.6) is 5.88 Å². The maximum Gasteiger partial charge on any atom is 0.270 e. The molecule has 2 rings (SSSR count). The first-order valence-corrected chi connectivity index (χ1v) is 5.96. The van der Waals surface area contributed by atoms with Gasteiger partial charge in [0, 0.05) is 37.4 Å². The third-order valence-electron chi connectivity index (χ3n) is 1.86. The van der Waals surface area contributed by atoms with E-state index in [9.17, 15) is 5.11 Å². The number of nitrogens with one attached hydrogen (secondary N) is 1. The number of ether oxygens (including phenoxy) is 2. The minimum atomic E-state index is -3.83. The molecular weight excluding hydrogens is 292 g/mol. The minimum absolute atomic E-state index is 0.107. The first-order valence-electron chi connectivity index (χ1n) is 15.2. The van der Waals surface area contributed by atoms with E-state index in [-0.39, 0.29) is 16.6 Å². The summed E-state index contributed by atoms with van der Waals surface area (Å²) in [6.45, 7) is -31.2. The van der Waals surface area contributed by atoms with Crippen molar-refractivity contribution in [2.75, 3.05) is 44.1 Å². The lowest BCUT2D eigenvalue weighted by Gasteiger charge is -2.27. The highest BCUT2D eigenvalue weighted by molar-refractivity contribution is 6.99. The molecule has 1 aromatic rings. The van der Waals surface area contributed by atoms with Gasteiger partial charge in [-0.1, -0.05) is 0 Å². The van der Waals surface area contributed by atoms with Gasteiger partial charge >= 0.3 is 0 Å². The molecule has 1 atom stereocenters. The number of hydrogen-bond donors (Lipinski definition) is 2. The summed E-state index contributed by atoms with van der Waals surface area (Å²) >= 11 is 0.107. The van der Waals surface area contributed by atoms with Crippen molar-refractivity contribution in [3.05, 3.63) is 0 Å². The van der Waals surface area contributed by atoms with Gasteiger partial charge in [0.2, 0.25) is 5.82 Å². The Morgan fingerprint density at radius 3 is 3.10 bits per heavy atom. The molecule has 0 saturated carbocycles. The third kappa shape index (κ3) is 5.39. The summed E-state index contributed by atoms with van der Waals surface area (Å²) in [7, 11) is 0. The zero-order valence-corrected chi connectivity index (χ0v) is 11.0.